The van der Waals surface area contributed by atoms with E-state index < -0.39 is 23.2 Å². The maximum Gasteiger partial charge on any atom is 0.435 e. The van der Waals surface area contributed by atoms with E-state index >= 15 is 0 Å². The first-order valence-electron chi connectivity index (χ1n) is 10.8. The third-order valence-electron chi connectivity index (χ3n) is 6.53. The fourth-order valence-corrected chi connectivity index (χ4v) is 4.96. The van der Waals surface area contributed by atoms with Crippen LogP contribution in [0.3, 0.4) is 0 Å². The maximum absolute atomic E-state index is 14.8. The molecule has 176 valence electrons. The lowest BCUT2D eigenvalue weighted by Gasteiger charge is -2.39. The van der Waals surface area contributed by atoms with E-state index in [1.807, 2.05) is 0 Å². The van der Waals surface area contributed by atoms with Gasteiger partial charge in [0.1, 0.15) is 11.6 Å². The van der Waals surface area contributed by atoms with Crippen LogP contribution in [0.25, 0.3) is 11.4 Å². The summed E-state index contributed by atoms with van der Waals surface area (Å²) in [7, 11) is 0. The topological polar surface area (TPSA) is 83.9 Å². The van der Waals surface area contributed by atoms with E-state index in [0.29, 0.717) is 19.0 Å². The van der Waals surface area contributed by atoms with Crippen molar-refractivity contribution >= 4 is 11.7 Å². The van der Waals surface area contributed by atoms with Crippen molar-refractivity contribution in [3.8, 4) is 11.4 Å². The van der Waals surface area contributed by atoms with Crippen molar-refractivity contribution in [3.63, 3.8) is 0 Å². The van der Waals surface area contributed by atoms with Crippen molar-refractivity contribution < 1.29 is 22.4 Å². The molecule has 5 rings (SSSR count). The first-order chi connectivity index (χ1) is 16.3. The molecule has 1 N–H and O–H groups in total. The lowest BCUT2D eigenvalue weighted by atomic mass is 9.94. The zero-order valence-corrected chi connectivity index (χ0v) is 17.9. The van der Waals surface area contributed by atoms with Gasteiger partial charge < -0.3 is 10.2 Å². The SMILES string of the molecule is O=C(c1cccc(F)c1-c1ncccn1)N1CC2CCC1(CNc1ccc(C(F)(F)F)nn1)C2. The van der Waals surface area contributed by atoms with E-state index in [4.69, 9.17) is 0 Å². The Hall–Kier alpha value is -3.63. The first kappa shape index (κ1) is 22.2. The molecule has 1 aliphatic carbocycles. The fraction of sp³-hybridized carbons (Fsp3) is 0.348. The van der Waals surface area contributed by atoms with Crippen molar-refractivity contribution in [2.24, 2.45) is 5.92 Å². The second-order valence-corrected chi connectivity index (χ2v) is 8.64. The number of rotatable bonds is 5. The number of nitrogens with one attached hydrogen (secondary N) is 1. The summed E-state index contributed by atoms with van der Waals surface area (Å²) in [5, 5.41) is 9.91. The van der Waals surface area contributed by atoms with E-state index in [9.17, 15) is 22.4 Å². The molecule has 1 saturated heterocycles. The molecule has 2 fully saturated rings. The van der Waals surface area contributed by atoms with Crippen LogP contribution in [0.2, 0.25) is 0 Å². The molecule has 3 heterocycles. The highest BCUT2D eigenvalue weighted by Crippen LogP contribution is 2.47. The van der Waals surface area contributed by atoms with Crippen LogP contribution < -0.4 is 5.32 Å². The summed E-state index contributed by atoms with van der Waals surface area (Å²) in [5.74, 6) is -0.303. The third kappa shape index (κ3) is 3.95. The molecular weight excluding hydrogens is 452 g/mol. The van der Waals surface area contributed by atoms with Gasteiger partial charge in [-0.05, 0) is 55.5 Å². The average Bonchev–Trinajstić information content (AvgIpc) is 3.41. The van der Waals surface area contributed by atoms with Crippen LogP contribution in [0, 0.1) is 11.7 Å². The molecule has 0 spiro atoms. The van der Waals surface area contributed by atoms with E-state index in [0.717, 1.165) is 25.3 Å². The Morgan fingerprint density at radius 2 is 1.91 bits per heavy atom. The number of piperidine rings is 1. The minimum atomic E-state index is -4.57. The van der Waals surface area contributed by atoms with Gasteiger partial charge in [-0.3, -0.25) is 4.79 Å². The van der Waals surface area contributed by atoms with Gasteiger partial charge >= 0.3 is 6.18 Å². The summed E-state index contributed by atoms with van der Waals surface area (Å²) in [5.41, 5.74) is -1.41. The highest BCUT2D eigenvalue weighted by atomic mass is 19.4. The summed E-state index contributed by atoms with van der Waals surface area (Å²) >= 11 is 0. The van der Waals surface area contributed by atoms with Crippen LogP contribution in [0.4, 0.5) is 23.4 Å². The highest BCUT2D eigenvalue weighted by Gasteiger charge is 2.52. The van der Waals surface area contributed by atoms with Gasteiger partial charge in [0.2, 0.25) is 0 Å². The minimum absolute atomic E-state index is 0.0487. The predicted octanol–water partition coefficient (Wildman–Crippen LogP) is 4.20. The normalized spacial score (nSPS) is 21.6. The number of likely N-dealkylation sites (tertiary alicyclic amines) is 1. The number of benzene rings is 1. The van der Waals surface area contributed by atoms with Gasteiger partial charge in [0.25, 0.3) is 5.91 Å². The second-order valence-electron chi connectivity index (χ2n) is 8.64. The van der Waals surface area contributed by atoms with Crippen molar-refractivity contribution in [2.45, 2.75) is 31.0 Å². The van der Waals surface area contributed by atoms with E-state index in [2.05, 4.69) is 25.5 Å². The number of anilines is 1. The monoisotopic (exact) mass is 472 g/mol. The molecule has 2 aromatic heterocycles. The number of carbonyl (C=O) groups excluding carboxylic acids is 1. The standard InChI is InChI=1S/C23H20F4N6O/c24-16-4-1-3-15(19(16)20-28-9-2-10-29-20)21(34)33-12-14-7-8-22(33,11-14)13-30-18-6-5-17(31-32-18)23(25,26)27/h1-6,9-10,14H,7-8,11-13H2,(H,30,32). The summed E-state index contributed by atoms with van der Waals surface area (Å²) in [6, 6.07) is 7.99. The van der Waals surface area contributed by atoms with Crippen molar-refractivity contribution in [1.29, 1.82) is 0 Å². The predicted molar refractivity (Wildman–Crippen MR) is 114 cm³/mol. The summed E-state index contributed by atoms with van der Waals surface area (Å²) in [6.45, 7) is 0.812. The van der Waals surface area contributed by atoms with Crippen molar-refractivity contribution in [3.05, 3.63) is 65.9 Å². The molecule has 11 heteroatoms. The smallest absolute Gasteiger partial charge is 0.366 e. The van der Waals surface area contributed by atoms with E-state index in [-0.39, 0.29) is 28.7 Å². The van der Waals surface area contributed by atoms with Crippen molar-refractivity contribution in [2.75, 3.05) is 18.4 Å². The van der Waals surface area contributed by atoms with E-state index in [1.54, 1.807) is 17.0 Å². The van der Waals surface area contributed by atoms with Crippen molar-refractivity contribution in [1.82, 2.24) is 25.1 Å². The molecule has 1 saturated carbocycles. The Balaban J connectivity index is 1.40. The minimum Gasteiger partial charge on any atom is -0.366 e. The first-order valence-corrected chi connectivity index (χ1v) is 10.8. The molecule has 3 aromatic rings. The number of halogens is 4. The highest BCUT2D eigenvalue weighted by molar-refractivity contribution is 6.01. The molecule has 1 amide bonds. The Kier molecular flexibility index (Phi) is 5.41. The third-order valence-corrected chi connectivity index (χ3v) is 6.53. The lowest BCUT2D eigenvalue weighted by Crippen LogP contribution is -2.52. The molecule has 2 bridgehead atoms. The lowest BCUT2D eigenvalue weighted by molar-refractivity contribution is -0.141. The maximum atomic E-state index is 14.8. The fourth-order valence-electron chi connectivity index (χ4n) is 4.96. The number of fused-ring (bicyclic) bond motifs is 2. The van der Waals surface area contributed by atoms with Crippen LogP contribution in [0.1, 0.15) is 35.3 Å². The molecule has 34 heavy (non-hydrogen) atoms. The molecule has 1 aliphatic heterocycles. The van der Waals surface area contributed by atoms with Crippen LogP contribution in [-0.2, 0) is 6.18 Å². The van der Waals surface area contributed by atoms with E-state index in [1.165, 1.54) is 30.6 Å². The molecular formula is C23H20F4N6O. The molecule has 2 atom stereocenters. The van der Waals surface area contributed by atoms with Gasteiger partial charge in [0, 0.05) is 25.5 Å². The summed E-state index contributed by atoms with van der Waals surface area (Å²) in [6.07, 6.45) is 0.794. The largest absolute Gasteiger partial charge is 0.435 e. The Bertz CT molecular complexity index is 1200. The quantitative estimate of drug-likeness (QED) is 0.561. The van der Waals surface area contributed by atoms with Gasteiger partial charge in [-0.15, -0.1) is 10.2 Å². The number of alkyl halides is 3. The van der Waals surface area contributed by atoms with Crippen LogP contribution >= 0.6 is 0 Å². The molecule has 0 radical (unpaired) electrons. The summed E-state index contributed by atoms with van der Waals surface area (Å²) < 4.78 is 53.1. The zero-order chi connectivity index (χ0) is 23.9. The van der Waals surface area contributed by atoms with Crippen LogP contribution in [-0.4, -0.2) is 49.6 Å². The molecule has 2 aliphatic rings. The summed E-state index contributed by atoms with van der Waals surface area (Å²) in [4.78, 5) is 23.7. The Morgan fingerprint density at radius 1 is 1.12 bits per heavy atom. The number of amides is 1. The number of nitrogens with zero attached hydrogens (tertiary/aromatic N) is 5. The van der Waals surface area contributed by atoms with Gasteiger partial charge in [-0.25, -0.2) is 14.4 Å². The molecule has 7 nitrogen and oxygen atoms in total. The number of aromatic nitrogens is 4. The number of hydrogen-bond donors (Lipinski definition) is 1. The van der Waals surface area contributed by atoms with Crippen LogP contribution in [0.5, 0.6) is 0 Å². The van der Waals surface area contributed by atoms with Gasteiger partial charge in [0.15, 0.2) is 11.5 Å². The van der Waals surface area contributed by atoms with Gasteiger partial charge in [-0.1, -0.05) is 6.07 Å². The Morgan fingerprint density at radius 3 is 2.59 bits per heavy atom. The van der Waals surface area contributed by atoms with Gasteiger partial charge in [0.05, 0.1) is 16.7 Å². The number of hydrogen-bond acceptors (Lipinski definition) is 6. The molecule has 1 aromatic carbocycles. The Labute approximate surface area is 192 Å². The van der Waals surface area contributed by atoms with Gasteiger partial charge in [-0.2, -0.15) is 13.2 Å². The second kappa shape index (κ2) is 8.30. The number of carbonyl (C=O) groups is 1. The van der Waals surface area contributed by atoms with Crippen LogP contribution in [0.15, 0.2) is 48.8 Å². The molecule has 2 unspecified atom stereocenters. The zero-order valence-electron chi connectivity index (χ0n) is 17.9. The average molecular weight is 472 g/mol.